The van der Waals surface area contributed by atoms with Crippen LogP contribution in [0.3, 0.4) is 0 Å². The van der Waals surface area contributed by atoms with Crippen molar-refractivity contribution < 1.29 is 18.7 Å². The van der Waals surface area contributed by atoms with Crippen LogP contribution in [0.1, 0.15) is 50.4 Å². The fraction of sp³-hybridized carbons (Fsp3) is 0.556. The number of carbonyl (C=O) groups is 2. The topological polar surface area (TPSA) is 55.4 Å². The molecule has 1 saturated carbocycles. The number of halogens is 1. The molecule has 0 aromatic heterocycles. The highest BCUT2D eigenvalue weighted by Gasteiger charge is 2.30. The quantitative estimate of drug-likeness (QED) is 0.866. The third-order valence-corrected chi connectivity index (χ3v) is 4.77. The highest BCUT2D eigenvalue weighted by molar-refractivity contribution is 5.92. The van der Waals surface area contributed by atoms with Crippen molar-refractivity contribution in [1.29, 1.82) is 0 Å². The van der Waals surface area contributed by atoms with Crippen molar-refractivity contribution in [3.05, 3.63) is 35.6 Å². The first-order valence-electron chi connectivity index (χ1n) is 8.15. The zero-order chi connectivity index (χ0) is 17.0. The van der Waals surface area contributed by atoms with Crippen molar-refractivity contribution in [3.63, 3.8) is 0 Å². The van der Waals surface area contributed by atoms with E-state index in [0.717, 1.165) is 12.8 Å². The summed E-state index contributed by atoms with van der Waals surface area (Å²) in [6.07, 6.45) is 2.36. The summed E-state index contributed by atoms with van der Waals surface area (Å²) in [5.74, 6) is -0.351. The van der Waals surface area contributed by atoms with Crippen molar-refractivity contribution in [1.82, 2.24) is 5.32 Å². The van der Waals surface area contributed by atoms with Gasteiger partial charge in [0.25, 0.3) is 5.91 Å². The first kappa shape index (κ1) is 17.4. The lowest BCUT2D eigenvalue weighted by Crippen LogP contribution is -2.47. The third-order valence-electron chi connectivity index (χ3n) is 4.77. The highest BCUT2D eigenvalue weighted by Crippen LogP contribution is 2.29. The molecule has 0 unspecified atom stereocenters. The number of esters is 1. The van der Waals surface area contributed by atoms with Gasteiger partial charge in [0.05, 0.1) is 5.56 Å². The van der Waals surface area contributed by atoms with E-state index < -0.39 is 17.9 Å². The van der Waals surface area contributed by atoms with Gasteiger partial charge in [-0.15, -0.1) is 0 Å². The molecular weight excluding hydrogens is 297 g/mol. The molecule has 1 aromatic carbocycles. The summed E-state index contributed by atoms with van der Waals surface area (Å²) in [5.41, 5.74) is 0.228. The predicted molar refractivity (Wildman–Crippen MR) is 85.4 cm³/mol. The Morgan fingerprint density at radius 3 is 2.52 bits per heavy atom. The number of hydrogen-bond acceptors (Lipinski definition) is 3. The van der Waals surface area contributed by atoms with Crippen molar-refractivity contribution in [2.45, 2.75) is 52.2 Å². The van der Waals surface area contributed by atoms with Crippen LogP contribution in [-0.2, 0) is 9.53 Å². The van der Waals surface area contributed by atoms with Crippen LogP contribution in [0.2, 0.25) is 0 Å². The van der Waals surface area contributed by atoms with E-state index in [2.05, 4.69) is 19.2 Å². The molecule has 1 aliphatic rings. The monoisotopic (exact) mass is 321 g/mol. The lowest BCUT2D eigenvalue weighted by Gasteiger charge is -2.35. The summed E-state index contributed by atoms with van der Waals surface area (Å²) < 4.78 is 18.0. The molecule has 1 amide bonds. The lowest BCUT2D eigenvalue weighted by molar-refractivity contribution is -0.130. The maximum absolute atomic E-state index is 12.9. The number of benzene rings is 1. The Labute approximate surface area is 136 Å². The number of nitrogens with one attached hydrogen (secondary N) is 1. The van der Waals surface area contributed by atoms with E-state index in [-0.39, 0.29) is 17.5 Å². The highest BCUT2D eigenvalue weighted by atomic mass is 19.1. The second-order valence-electron chi connectivity index (χ2n) is 6.44. The normalized spacial score (nSPS) is 25.5. The number of rotatable bonds is 4. The molecule has 0 heterocycles. The molecule has 5 heteroatoms. The van der Waals surface area contributed by atoms with E-state index in [1.807, 2.05) is 0 Å². The lowest BCUT2D eigenvalue weighted by atomic mass is 9.78. The second-order valence-corrected chi connectivity index (χ2v) is 6.44. The van der Waals surface area contributed by atoms with Crippen molar-refractivity contribution in [2.75, 3.05) is 0 Å². The minimum atomic E-state index is -0.878. The van der Waals surface area contributed by atoms with Crippen LogP contribution < -0.4 is 5.32 Å². The van der Waals surface area contributed by atoms with E-state index in [1.54, 1.807) is 6.92 Å². The first-order chi connectivity index (χ1) is 10.9. The first-order valence-corrected chi connectivity index (χ1v) is 8.15. The standard InChI is InChI=1S/C18H24FNO3/c1-11-5-4-6-16(12(11)2)20-17(21)13(3)23-18(22)14-7-9-15(19)10-8-14/h7-13,16H,4-6H2,1-3H3,(H,20,21)/t11-,12-,13-,16+/m1/s1. The van der Waals surface area contributed by atoms with Crippen molar-refractivity contribution >= 4 is 11.9 Å². The largest absolute Gasteiger partial charge is 0.449 e. The van der Waals surface area contributed by atoms with E-state index in [4.69, 9.17) is 4.74 Å². The number of ether oxygens (including phenoxy) is 1. The van der Waals surface area contributed by atoms with Gasteiger partial charge < -0.3 is 10.1 Å². The summed E-state index contributed by atoms with van der Waals surface area (Å²) in [4.78, 5) is 24.2. The molecule has 0 spiro atoms. The van der Waals surface area contributed by atoms with E-state index in [1.165, 1.54) is 30.7 Å². The molecule has 0 radical (unpaired) electrons. The molecular formula is C18H24FNO3. The molecule has 0 bridgehead atoms. The summed E-state index contributed by atoms with van der Waals surface area (Å²) in [5, 5.41) is 2.99. The van der Waals surface area contributed by atoms with Gasteiger partial charge in [-0.3, -0.25) is 4.79 Å². The Morgan fingerprint density at radius 2 is 1.87 bits per heavy atom. The number of carbonyl (C=O) groups excluding carboxylic acids is 2. The van der Waals surface area contributed by atoms with Crippen LogP contribution in [0, 0.1) is 17.7 Å². The van der Waals surface area contributed by atoms with Gasteiger partial charge in [-0.2, -0.15) is 0 Å². The predicted octanol–water partition coefficient (Wildman–Crippen LogP) is 3.31. The average molecular weight is 321 g/mol. The second kappa shape index (κ2) is 7.57. The summed E-state index contributed by atoms with van der Waals surface area (Å²) in [7, 11) is 0. The van der Waals surface area contributed by atoms with Crippen LogP contribution in [0.5, 0.6) is 0 Å². The summed E-state index contributed by atoms with van der Waals surface area (Å²) in [6.45, 7) is 5.89. The molecule has 4 atom stereocenters. The Morgan fingerprint density at radius 1 is 1.22 bits per heavy atom. The van der Waals surface area contributed by atoms with Crippen LogP contribution in [-0.4, -0.2) is 24.0 Å². The molecule has 0 aliphatic heterocycles. The van der Waals surface area contributed by atoms with Crippen LogP contribution >= 0.6 is 0 Å². The maximum atomic E-state index is 12.9. The smallest absolute Gasteiger partial charge is 0.338 e. The zero-order valence-corrected chi connectivity index (χ0v) is 13.8. The van der Waals surface area contributed by atoms with Gasteiger partial charge in [-0.05, 0) is 49.4 Å². The number of hydrogen-bond donors (Lipinski definition) is 1. The Balaban J connectivity index is 1.89. The molecule has 2 rings (SSSR count). The molecule has 4 nitrogen and oxygen atoms in total. The Bertz CT molecular complexity index is 558. The van der Waals surface area contributed by atoms with Gasteiger partial charge in [0.2, 0.25) is 0 Å². The molecule has 23 heavy (non-hydrogen) atoms. The molecule has 126 valence electrons. The third kappa shape index (κ3) is 4.53. The van der Waals surface area contributed by atoms with Gasteiger partial charge in [0, 0.05) is 6.04 Å². The maximum Gasteiger partial charge on any atom is 0.338 e. The van der Waals surface area contributed by atoms with Gasteiger partial charge in [-0.25, -0.2) is 9.18 Å². The Hall–Kier alpha value is -1.91. The van der Waals surface area contributed by atoms with Gasteiger partial charge in [-0.1, -0.05) is 26.7 Å². The molecule has 1 N–H and O–H groups in total. The molecule has 1 aliphatic carbocycles. The van der Waals surface area contributed by atoms with Gasteiger partial charge >= 0.3 is 5.97 Å². The van der Waals surface area contributed by atoms with Crippen LogP contribution in [0.4, 0.5) is 4.39 Å². The van der Waals surface area contributed by atoms with Crippen LogP contribution in [0.15, 0.2) is 24.3 Å². The van der Waals surface area contributed by atoms with Crippen LogP contribution in [0.25, 0.3) is 0 Å². The zero-order valence-electron chi connectivity index (χ0n) is 13.8. The summed E-state index contributed by atoms with van der Waals surface area (Å²) >= 11 is 0. The van der Waals surface area contributed by atoms with E-state index >= 15 is 0 Å². The number of amides is 1. The minimum absolute atomic E-state index is 0.123. The fourth-order valence-electron chi connectivity index (χ4n) is 2.95. The molecule has 1 aromatic rings. The molecule has 0 saturated heterocycles. The van der Waals surface area contributed by atoms with Crippen molar-refractivity contribution in [3.8, 4) is 0 Å². The average Bonchev–Trinajstić information content (AvgIpc) is 2.52. The molecule has 1 fully saturated rings. The summed E-state index contributed by atoms with van der Waals surface area (Å²) in [6, 6.07) is 5.18. The minimum Gasteiger partial charge on any atom is -0.449 e. The van der Waals surface area contributed by atoms with E-state index in [0.29, 0.717) is 11.8 Å². The SMILES string of the molecule is C[C@@H]1[C@H](C)CCC[C@@H]1NC(=O)[C@@H](C)OC(=O)c1ccc(F)cc1. The van der Waals surface area contributed by atoms with Gasteiger partial charge in [0.1, 0.15) is 5.82 Å². The van der Waals surface area contributed by atoms with Gasteiger partial charge in [0.15, 0.2) is 6.10 Å². The fourth-order valence-corrected chi connectivity index (χ4v) is 2.95. The van der Waals surface area contributed by atoms with Crippen molar-refractivity contribution in [2.24, 2.45) is 11.8 Å². The Kier molecular flexibility index (Phi) is 5.74. The van der Waals surface area contributed by atoms with E-state index in [9.17, 15) is 14.0 Å².